The molecule has 1 rings (SSSR count). The Morgan fingerprint density at radius 3 is 2.46 bits per heavy atom. The Bertz CT molecular complexity index is 293. The predicted octanol–water partition coefficient (Wildman–Crippen LogP) is 2.62. The van der Waals surface area contributed by atoms with Gasteiger partial charge >= 0.3 is 0 Å². The maximum Gasteiger partial charge on any atom is 0.123 e. The van der Waals surface area contributed by atoms with E-state index >= 15 is 0 Å². The summed E-state index contributed by atoms with van der Waals surface area (Å²) in [7, 11) is 0. The molecular formula is C12H14O. The summed E-state index contributed by atoms with van der Waals surface area (Å²) in [6.45, 7) is 4.34. The van der Waals surface area contributed by atoms with E-state index in [2.05, 4.69) is 5.92 Å². The fourth-order valence-corrected chi connectivity index (χ4v) is 0.880. The third-order valence-electron chi connectivity index (χ3n) is 1.79. The van der Waals surface area contributed by atoms with E-state index in [1.807, 2.05) is 44.2 Å². The van der Waals surface area contributed by atoms with Crippen LogP contribution in [-0.2, 0) is 11.3 Å². The first-order valence-electron chi connectivity index (χ1n) is 4.30. The van der Waals surface area contributed by atoms with Gasteiger partial charge in [-0.25, -0.2) is 0 Å². The van der Waals surface area contributed by atoms with Crippen LogP contribution in [0.2, 0.25) is 0 Å². The molecule has 1 aromatic carbocycles. The standard InChI is InChI=1S/C12H14O/c1-4-12(2,3)13-10-11-8-6-5-7-9-11/h1,5-9H,10H2,2-3H3. The molecule has 0 heterocycles. The first-order chi connectivity index (χ1) is 6.14. The van der Waals surface area contributed by atoms with E-state index in [-0.39, 0.29) is 0 Å². The van der Waals surface area contributed by atoms with E-state index in [9.17, 15) is 0 Å². The highest BCUT2D eigenvalue weighted by Gasteiger charge is 2.13. The SMILES string of the molecule is C#CC(C)(C)OCc1ccccc1. The molecule has 68 valence electrons. The lowest BCUT2D eigenvalue weighted by Gasteiger charge is -2.18. The topological polar surface area (TPSA) is 9.23 Å². The monoisotopic (exact) mass is 174 g/mol. The second-order valence-corrected chi connectivity index (χ2v) is 3.43. The van der Waals surface area contributed by atoms with Gasteiger partial charge in [-0.2, -0.15) is 0 Å². The normalized spacial score (nSPS) is 10.8. The Hall–Kier alpha value is -1.26. The van der Waals surface area contributed by atoms with Crippen molar-refractivity contribution in [2.75, 3.05) is 0 Å². The summed E-state index contributed by atoms with van der Waals surface area (Å²) in [6, 6.07) is 10.00. The second-order valence-electron chi connectivity index (χ2n) is 3.43. The predicted molar refractivity (Wildman–Crippen MR) is 54.1 cm³/mol. The molecule has 1 nitrogen and oxygen atoms in total. The number of hydrogen-bond acceptors (Lipinski definition) is 1. The van der Waals surface area contributed by atoms with Gasteiger partial charge in [0.05, 0.1) is 6.61 Å². The first-order valence-corrected chi connectivity index (χ1v) is 4.30. The van der Waals surface area contributed by atoms with Crippen LogP contribution in [-0.4, -0.2) is 5.60 Å². The van der Waals surface area contributed by atoms with Crippen LogP contribution in [0.5, 0.6) is 0 Å². The summed E-state index contributed by atoms with van der Waals surface area (Å²) in [5.74, 6) is 2.59. The first kappa shape index (κ1) is 9.83. The average Bonchev–Trinajstić information content (AvgIpc) is 2.17. The van der Waals surface area contributed by atoms with E-state index in [1.54, 1.807) is 0 Å². The van der Waals surface area contributed by atoms with Crippen LogP contribution in [0.1, 0.15) is 19.4 Å². The maximum absolute atomic E-state index is 5.53. The van der Waals surface area contributed by atoms with E-state index in [0.717, 1.165) is 5.56 Å². The Balaban J connectivity index is 2.50. The fraction of sp³-hybridized carbons (Fsp3) is 0.333. The molecule has 0 aromatic heterocycles. The molecule has 0 N–H and O–H groups in total. The molecule has 0 saturated carbocycles. The van der Waals surface area contributed by atoms with Crippen LogP contribution in [0.25, 0.3) is 0 Å². The van der Waals surface area contributed by atoms with Gasteiger partial charge in [0.2, 0.25) is 0 Å². The molecule has 0 aliphatic heterocycles. The quantitative estimate of drug-likeness (QED) is 0.640. The number of terminal acetylenes is 1. The molecule has 0 atom stereocenters. The van der Waals surface area contributed by atoms with Crippen molar-refractivity contribution >= 4 is 0 Å². The van der Waals surface area contributed by atoms with Crippen molar-refractivity contribution in [2.45, 2.75) is 26.1 Å². The summed E-state index contributed by atoms with van der Waals surface area (Å²) in [4.78, 5) is 0. The van der Waals surface area contributed by atoms with Crippen LogP contribution in [0.15, 0.2) is 30.3 Å². The van der Waals surface area contributed by atoms with Crippen LogP contribution in [0, 0.1) is 12.3 Å². The Morgan fingerprint density at radius 2 is 1.92 bits per heavy atom. The molecule has 0 spiro atoms. The Labute approximate surface area is 79.7 Å². The van der Waals surface area contributed by atoms with Crippen LogP contribution in [0.3, 0.4) is 0 Å². The van der Waals surface area contributed by atoms with Crippen molar-refractivity contribution in [1.29, 1.82) is 0 Å². The molecule has 0 aliphatic carbocycles. The smallest absolute Gasteiger partial charge is 0.123 e. The average molecular weight is 174 g/mol. The van der Waals surface area contributed by atoms with Gasteiger partial charge in [0.1, 0.15) is 5.60 Å². The Kier molecular flexibility index (Phi) is 3.11. The highest BCUT2D eigenvalue weighted by molar-refractivity contribution is 5.14. The third kappa shape index (κ3) is 3.31. The summed E-state index contributed by atoms with van der Waals surface area (Å²) >= 11 is 0. The van der Waals surface area contributed by atoms with Gasteiger partial charge in [0.25, 0.3) is 0 Å². The minimum atomic E-state index is -0.476. The largest absolute Gasteiger partial charge is 0.358 e. The Morgan fingerprint density at radius 1 is 1.31 bits per heavy atom. The lowest BCUT2D eigenvalue weighted by atomic mass is 10.1. The van der Waals surface area contributed by atoms with Crippen molar-refractivity contribution in [3.05, 3.63) is 35.9 Å². The zero-order valence-corrected chi connectivity index (χ0v) is 8.08. The van der Waals surface area contributed by atoms with E-state index in [0.29, 0.717) is 6.61 Å². The molecular weight excluding hydrogens is 160 g/mol. The van der Waals surface area contributed by atoms with Crippen molar-refractivity contribution in [1.82, 2.24) is 0 Å². The van der Waals surface area contributed by atoms with Crippen LogP contribution >= 0.6 is 0 Å². The molecule has 0 aliphatic rings. The highest BCUT2D eigenvalue weighted by atomic mass is 16.5. The highest BCUT2D eigenvalue weighted by Crippen LogP contribution is 2.11. The number of hydrogen-bond donors (Lipinski definition) is 0. The zero-order chi connectivity index (χ0) is 9.73. The van der Waals surface area contributed by atoms with Crippen molar-refractivity contribution in [3.8, 4) is 12.3 Å². The number of ether oxygens (including phenoxy) is 1. The molecule has 1 heteroatoms. The molecule has 0 amide bonds. The summed E-state index contributed by atoms with van der Waals surface area (Å²) in [5, 5.41) is 0. The number of rotatable bonds is 3. The second kappa shape index (κ2) is 4.11. The van der Waals surface area contributed by atoms with Crippen molar-refractivity contribution < 1.29 is 4.74 Å². The van der Waals surface area contributed by atoms with Gasteiger partial charge in [-0.3, -0.25) is 0 Å². The van der Waals surface area contributed by atoms with Gasteiger partial charge in [-0.15, -0.1) is 6.42 Å². The number of benzene rings is 1. The molecule has 1 aromatic rings. The van der Waals surface area contributed by atoms with Gasteiger partial charge in [0.15, 0.2) is 0 Å². The van der Waals surface area contributed by atoms with Gasteiger partial charge in [0, 0.05) is 0 Å². The fourth-order valence-electron chi connectivity index (χ4n) is 0.880. The minimum Gasteiger partial charge on any atom is -0.358 e. The van der Waals surface area contributed by atoms with E-state index < -0.39 is 5.60 Å². The van der Waals surface area contributed by atoms with Crippen molar-refractivity contribution in [3.63, 3.8) is 0 Å². The van der Waals surface area contributed by atoms with E-state index in [4.69, 9.17) is 11.2 Å². The molecule has 0 bridgehead atoms. The van der Waals surface area contributed by atoms with Crippen LogP contribution in [0.4, 0.5) is 0 Å². The van der Waals surface area contributed by atoms with Gasteiger partial charge < -0.3 is 4.74 Å². The third-order valence-corrected chi connectivity index (χ3v) is 1.79. The summed E-state index contributed by atoms with van der Waals surface area (Å²) in [6.07, 6.45) is 5.30. The van der Waals surface area contributed by atoms with Gasteiger partial charge in [-0.05, 0) is 19.4 Å². The minimum absolute atomic E-state index is 0.476. The molecule has 0 radical (unpaired) electrons. The lowest BCUT2D eigenvalue weighted by Crippen LogP contribution is -2.21. The summed E-state index contributed by atoms with van der Waals surface area (Å²) in [5.41, 5.74) is 0.668. The lowest BCUT2D eigenvalue weighted by molar-refractivity contribution is 0.0145. The molecule has 0 saturated heterocycles. The molecule has 0 fully saturated rings. The maximum atomic E-state index is 5.53. The summed E-state index contributed by atoms with van der Waals surface area (Å²) < 4.78 is 5.53. The molecule has 0 unspecified atom stereocenters. The zero-order valence-electron chi connectivity index (χ0n) is 8.08. The van der Waals surface area contributed by atoms with Gasteiger partial charge in [-0.1, -0.05) is 36.3 Å². The van der Waals surface area contributed by atoms with Crippen LogP contribution < -0.4 is 0 Å². The van der Waals surface area contributed by atoms with E-state index in [1.165, 1.54) is 0 Å². The van der Waals surface area contributed by atoms with Crippen molar-refractivity contribution in [2.24, 2.45) is 0 Å². The molecule has 13 heavy (non-hydrogen) atoms.